The lowest BCUT2D eigenvalue weighted by Crippen LogP contribution is -2.45. The first kappa shape index (κ1) is 22.0. The standard InChI is InChI=1S/C18H18F3N3O2S2/c1-27-10-8-15(17(26)24-22-11-14-3-2-9-28-14)23-16(25)12-4-6-13(7-5-12)18(19,20)21/h2-7,9,11,15H,8,10H2,1H3,(H,23,25)(H,24,26)/b22-11-. The van der Waals surface area contributed by atoms with Crippen LogP contribution in [-0.4, -0.2) is 36.1 Å². The predicted molar refractivity (Wildman–Crippen MR) is 106 cm³/mol. The minimum Gasteiger partial charge on any atom is -0.340 e. The van der Waals surface area contributed by atoms with E-state index < -0.39 is 29.6 Å². The van der Waals surface area contributed by atoms with Crippen LogP contribution in [0.2, 0.25) is 0 Å². The van der Waals surface area contributed by atoms with E-state index >= 15 is 0 Å². The summed E-state index contributed by atoms with van der Waals surface area (Å²) in [6.45, 7) is 0. The van der Waals surface area contributed by atoms with Crippen LogP contribution in [0, 0.1) is 0 Å². The Morgan fingerprint density at radius 1 is 1.25 bits per heavy atom. The van der Waals surface area contributed by atoms with Gasteiger partial charge in [-0.2, -0.15) is 30.0 Å². The molecule has 0 fully saturated rings. The fourth-order valence-electron chi connectivity index (χ4n) is 2.16. The fourth-order valence-corrected chi connectivity index (χ4v) is 3.22. The molecule has 0 bridgehead atoms. The van der Waals surface area contributed by atoms with Crippen molar-refractivity contribution in [2.75, 3.05) is 12.0 Å². The average Bonchev–Trinajstić information content (AvgIpc) is 3.17. The Labute approximate surface area is 168 Å². The summed E-state index contributed by atoms with van der Waals surface area (Å²) in [6, 6.07) is 6.64. The van der Waals surface area contributed by atoms with Crippen molar-refractivity contribution in [1.29, 1.82) is 0 Å². The van der Waals surface area contributed by atoms with Crippen LogP contribution >= 0.6 is 23.1 Å². The third kappa shape index (κ3) is 6.68. The summed E-state index contributed by atoms with van der Waals surface area (Å²) in [5.41, 5.74) is 1.58. The SMILES string of the molecule is CSCCC(NC(=O)c1ccc(C(F)(F)F)cc1)C(=O)N/N=C\c1cccs1. The van der Waals surface area contributed by atoms with Gasteiger partial charge < -0.3 is 5.32 Å². The summed E-state index contributed by atoms with van der Waals surface area (Å²) in [5, 5.41) is 8.29. The average molecular weight is 429 g/mol. The second-order valence-corrected chi connectivity index (χ2v) is 7.60. The largest absolute Gasteiger partial charge is 0.416 e. The van der Waals surface area contributed by atoms with E-state index in [4.69, 9.17) is 0 Å². The third-order valence-corrected chi connectivity index (χ3v) is 5.07. The molecule has 0 aliphatic carbocycles. The lowest BCUT2D eigenvalue weighted by Gasteiger charge is -2.17. The van der Waals surface area contributed by atoms with Crippen LogP contribution in [0.3, 0.4) is 0 Å². The first-order chi connectivity index (χ1) is 13.3. The van der Waals surface area contributed by atoms with Gasteiger partial charge in [0, 0.05) is 10.4 Å². The Hall–Kier alpha value is -2.33. The van der Waals surface area contributed by atoms with E-state index in [0.29, 0.717) is 12.2 Å². The predicted octanol–water partition coefficient (Wildman–Crippen LogP) is 3.77. The molecule has 10 heteroatoms. The second-order valence-electron chi connectivity index (χ2n) is 5.63. The number of hydrogen-bond acceptors (Lipinski definition) is 5. The third-order valence-electron chi connectivity index (χ3n) is 3.62. The molecule has 0 spiro atoms. The maximum atomic E-state index is 12.6. The molecule has 2 rings (SSSR count). The van der Waals surface area contributed by atoms with Crippen molar-refractivity contribution in [3.05, 3.63) is 57.8 Å². The summed E-state index contributed by atoms with van der Waals surface area (Å²) in [4.78, 5) is 25.5. The molecule has 0 aliphatic heterocycles. The number of alkyl halides is 3. The Morgan fingerprint density at radius 3 is 2.54 bits per heavy atom. The van der Waals surface area contributed by atoms with Crippen molar-refractivity contribution >= 4 is 41.1 Å². The Kier molecular flexibility index (Phi) is 8.06. The zero-order valence-electron chi connectivity index (χ0n) is 14.8. The maximum Gasteiger partial charge on any atom is 0.416 e. The zero-order valence-corrected chi connectivity index (χ0v) is 16.5. The van der Waals surface area contributed by atoms with Crippen molar-refractivity contribution in [1.82, 2.24) is 10.7 Å². The van der Waals surface area contributed by atoms with Crippen LogP contribution in [0.4, 0.5) is 13.2 Å². The van der Waals surface area contributed by atoms with Crippen LogP contribution < -0.4 is 10.7 Å². The smallest absolute Gasteiger partial charge is 0.340 e. The quantitative estimate of drug-likeness (QED) is 0.496. The summed E-state index contributed by atoms with van der Waals surface area (Å²) in [6.07, 6.45) is -0.766. The van der Waals surface area contributed by atoms with E-state index in [1.807, 2.05) is 23.8 Å². The Balaban J connectivity index is 2.01. The van der Waals surface area contributed by atoms with Crippen LogP contribution in [0.15, 0.2) is 46.9 Å². The number of thiophene rings is 1. The number of amides is 2. The van der Waals surface area contributed by atoms with Gasteiger partial charge in [-0.3, -0.25) is 9.59 Å². The van der Waals surface area contributed by atoms with Gasteiger partial charge in [-0.25, -0.2) is 5.43 Å². The number of rotatable bonds is 8. The molecule has 0 aliphatic rings. The molecule has 2 amide bonds. The van der Waals surface area contributed by atoms with Gasteiger partial charge in [0.25, 0.3) is 11.8 Å². The van der Waals surface area contributed by atoms with Crippen molar-refractivity contribution in [2.24, 2.45) is 5.10 Å². The van der Waals surface area contributed by atoms with E-state index in [0.717, 1.165) is 29.1 Å². The van der Waals surface area contributed by atoms with Crippen LogP contribution in [0.5, 0.6) is 0 Å². The summed E-state index contributed by atoms with van der Waals surface area (Å²) in [5.74, 6) is -0.514. The first-order valence-electron chi connectivity index (χ1n) is 8.14. The molecule has 1 heterocycles. The highest BCUT2D eigenvalue weighted by Gasteiger charge is 2.30. The topological polar surface area (TPSA) is 70.6 Å². The number of thioether (sulfide) groups is 1. The Bertz CT molecular complexity index is 806. The molecule has 0 saturated heterocycles. The van der Waals surface area contributed by atoms with E-state index in [-0.39, 0.29) is 5.56 Å². The number of benzene rings is 1. The molecule has 1 atom stereocenters. The zero-order chi connectivity index (χ0) is 20.6. The molecule has 1 unspecified atom stereocenters. The highest BCUT2D eigenvalue weighted by atomic mass is 32.2. The number of hydrogen-bond donors (Lipinski definition) is 2. The molecule has 28 heavy (non-hydrogen) atoms. The molecule has 0 radical (unpaired) electrons. The van der Waals surface area contributed by atoms with Gasteiger partial charge in [0.1, 0.15) is 6.04 Å². The molecule has 2 N–H and O–H groups in total. The highest BCUT2D eigenvalue weighted by Crippen LogP contribution is 2.29. The fraction of sp³-hybridized carbons (Fsp3) is 0.278. The summed E-state index contributed by atoms with van der Waals surface area (Å²) in [7, 11) is 0. The first-order valence-corrected chi connectivity index (χ1v) is 10.4. The minimum atomic E-state index is -4.48. The van der Waals surface area contributed by atoms with E-state index in [1.54, 1.807) is 0 Å². The summed E-state index contributed by atoms with van der Waals surface area (Å²) >= 11 is 2.96. The number of nitrogens with one attached hydrogen (secondary N) is 2. The van der Waals surface area contributed by atoms with E-state index in [1.165, 1.54) is 29.3 Å². The van der Waals surface area contributed by atoms with Crippen molar-refractivity contribution < 1.29 is 22.8 Å². The second kappa shape index (κ2) is 10.3. The molecular weight excluding hydrogens is 411 g/mol. The molecule has 1 aromatic carbocycles. The van der Waals surface area contributed by atoms with E-state index in [9.17, 15) is 22.8 Å². The minimum absolute atomic E-state index is 0.0389. The van der Waals surface area contributed by atoms with Gasteiger partial charge >= 0.3 is 6.18 Å². The van der Waals surface area contributed by atoms with Gasteiger partial charge in [0.05, 0.1) is 11.8 Å². The number of halogens is 3. The maximum absolute atomic E-state index is 12.6. The molecule has 150 valence electrons. The lowest BCUT2D eigenvalue weighted by molar-refractivity contribution is -0.137. The number of hydrazone groups is 1. The van der Waals surface area contributed by atoms with Crippen molar-refractivity contribution in [3.63, 3.8) is 0 Å². The number of carbonyl (C=O) groups excluding carboxylic acids is 2. The molecule has 2 aromatic rings. The molecular formula is C18H18F3N3O2S2. The van der Waals surface area contributed by atoms with Crippen LogP contribution in [0.1, 0.15) is 27.2 Å². The van der Waals surface area contributed by atoms with Gasteiger partial charge in [-0.1, -0.05) is 6.07 Å². The molecule has 0 saturated carbocycles. The van der Waals surface area contributed by atoms with Crippen molar-refractivity contribution in [3.8, 4) is 0 Å². The van der Waals surface area contributed by atoms with Gasteiger partial charge in [0.2, 0.25) is 0 Å². The van der Waals surface area contributed by atoms with Gasteiger partial charge in [0.15, 0.2) is 0 Å². The van der Waals surface area contributed by atoms with Crippen LogP contribution in [0.25, 0.3) is 0 Å². The number of nitrogens with zero attached hydrogens (tertiary/aromatic N) is 1. The van der Waals surface area contributed by atoms with E-state index in [2.05, 4.69) is 15.8 Å². The number of carbonyl (C=O) groups is 2. The highest BCUT2D eigenvalue weighted by molar-refractivity contribution is 7.98. The lowest BCUT2D eigenvalue weighted by atomic mass is 10.1. The Morgan fingerprint density at radius 2 is 1.96 bits per heavy atom. The van der Waals surface area contributed by atoms with Crippen LogP contribution in [-0.2, 0) is 11.0 Å². The normalized spacial score (nSPS) is 12.7. The van der Waals surface area contributed by atoms with Gasteiger partial charge in [-0.05, 0) is 54.1 Å². The molecule has 5 nitrogen and oxygen atoms in total. The monoisotopic (exact) mass is 429 g/mol. The molecule has 1 aromatic heterocycles. The van der Waals surface area contributed by atoms with Gasteiger partial charge in [-0.15, -0.1) is 11.3 Å². The van der Waals surface area contributed by atoms with Crippen molar-refractivity contribution in [2.45, 2.75) is 18.6 Å². The summed E-state index contributed by atoms with van der Waals surface area (Å²) < 4.78 is 37.9.